The number of carbonyl (C=O) groups excluding carboxylic acids is 1. The molecule has 0 spiro atoms. The number of nitrogens with zero attached hydrogens (tertiary/aromatic N) is 5. The third-order valence-corrected chi connectivity index (χ3v) is 3.98. The van der Waals surface area contributed by atoms with Crippen molar-refractivity contribution in [1.29, 1.82) is 0 Å². The van der Waals surface area contributed by atoms with E-state index < -0.39 is 0 Å². The fourth-order valence-electron chi connectivity index (χ4n) is 2.77. The van der Waals surface area contributed by atoms with Gasteiger partial charge in [-0.25, -0.2) is 0 Å². The van der Waals surface area contributed by atoms with Crippen LogP contribution in [0.4, 0.5) is 11.4 Å². The van der Waals surface area contributed by atoms with Gasteiger partial charge in [0.2, 0.25) is 0 Å². The van der Waals surface area contributed by atoms with Crippen LogP contribution in [0, 0.1) is 0 Å². The molecule has 0 aliphatic carbocycles. The molecule has 1 fully saturated rings. The molecule has 0 radical (unpaired) electrons. The zero-order valence-corrected chi connectivity index (χ0v) is 12.7. The van der Waals surface area contributed by atoms with Crippen LogP contribution in [-0.2, 0) is 0 Å². The van der Waals surface area contributed by atoms with Crippen LogP contribution in [0.2, 0.25) is 0 Å². The molecule has 6 heteroatoms. The highest BCUT2D eigenvalue weighted by Gasteiger charge is 2.23. The zero-order valence-electron chi connectivity index (χ0n) is 12.7. The molecular formula is C17H17N5O. The molecule has 116 valence electrons. The Morgan fingerprint density at radius 2 is 1.61 bits per heavy atom. The minimum Gasteiger partial charge on any atom is -0.368 e. The van der Waals surface area contributed by atoms with Crippen LogP contribution in [0.15, 0.2) is 59.7 Å². The molecule has 1 heterocycles. The summed E-state index contributed by atoms with van der Waals surface area (Å²) in [7, 11) is 0. The Kier molecular flexibility index (Phi) is 4.45. The second kappa shape index (κ2) is 6.85. The SMILES string of the molecule is [N-]=[N+]=Nc1ccccc1C(=O)N1CCN(c2ccccc2)CC1. The van der Waals surface area contributed by atoms with Crippen LogP contribution in [-0.4, -0.2) is 37.0 Å². The molecule has 1 amide bonds. The van der Waals surface area contributed by atoms with Crippen molar-refractivity contribution in [2.24, 2.45) is 5.11 Å². The fourth-order valence-corrected chi connectivity index (χ4v) is 2.77. The number of rotatable bonds is 3. The normalized spacial score (nSPS) is 14.3. The monoisotopic (exact) mass is 307 g/mol. The smallest absolute Gasteiger partial charge is 0.254 e. The summed E-state index contributed by atoms with van der Waals surface area (Å²) in [6.45, 7) is 2.88. The first-order chi connectivity index (χ1) is 11.3. The van der Waals surface area contributed by atoms with Gasteiger partial charge in [-0.05, 0) is 23.7 Å². The molecule has 0 atom stereocenters. The van der Waals surface area contributed by atoms with Crippen LogP contribution in [0.1, 0.15) is 10.4 Å². The second-order valence-corrected chi connectivity index (χ2v) is 5.32. The van der Waals surface area contributed by atoms with Crippen molar-refractivity contribution in [3.05, 3.63) is 70.6 Å². The van der Waals surface area contributed by atoms with E-state index in [9.17, 15) is 4.79 Å². The highest BCUT2D eigenvalue weighted by molar-refractivity contribution is 5.99. The molecular weight excluding hydrogens is 290 g/mol. The summed E-state index contributed by atoms with van der Waals surface area (Å²) in [6.07, 6.45) is 0. The standard InChI is InChI=1S/C17H17N5O/c18-20-19-16-9-5-4-8-15(16)17(23)22-12-10-21(11-13-22)14-6-2-1-3-7-14/h1-9H,10-13H2. The number of para-hydroxylation sites is 1. The third kappa shape index (κ3) is 3.27. The molecule has 23 heavy (non-hydrogen) atoms. The highest BCUT2D eigenvalue weighted by Crippen LogP contribution is 2.22. The van der Waals surface area contributed by atoms with Crippen molar-refractivity contribution in [1.82, 2.24) is 4.90 Å². The number of hydrogen-bond donors (Lipinski definition) is 0. The third-order valence-electron chi connectivity index (χ3n) is 3.98. The van der Waals surface area contributed by atoms with E-state index in [0.717, 1.165) is 13.1 Å². The molecule has 0 saturated carbocycles. The topological polar surface area (TPSA) is 72.3 Å². The first-order valence-electron chi connectivity index (χ1n) is 7.53. The van der Waals surface area contributed by atoms with Gasteiger partial charge in [-0.15, -0.1) is 0 Å². The van der Waals surface area contributed by atoms with Crippen molar-refractivity contribution >= 4 is 17.3 Å². The van der Waals surface area contributed by atoms with Gasteiger partial charge in [0.25, 0.3) is 5.91 Å². The Labute approximate surface area is 134 Å². The lowest BCUT2D eigenvalue weighted by Gasteiger charge is -2.36. The van der Waals surface area contributed by atoms with E-state index in [2.05, 4.69) is 27.1 Å². The lowest BCUT2D eigenvalue weighted by atomic mass is 10.1. The minimum atomic E-state index is -0.0827. The van der Waals surface area contributed by atoms with Gasteiger partial charge in [-0.1, -0.05) is 41.5 Å². The van der Waals surface area contributed by atoms with Gasteiger partial charge in [0, 0.05) is 42.3 Å². The highest BCUT2D eigenvalue weighted by atomic mass is 16.2. The van der Waals surface area contributed by atoms with E-state index in [4.69, 9.17) is 5.53 Å². The summed E-state index contributed by atoms with van der Waals surface area (Å²) < 4.78 is 0. The van der Waals surface area contributed by atoms with Gasteiger partial charge < -0.3 is 9.80 Å². The maximum absolute atomic E-state index is 12.7. The van der Waals surface area contributed by atoms with Gasteiger partial charge in [0.1, 0.15) is 0 Å². The molecule has 0 unspecified atom stereocenters. The summed E-state index contributed by atoms with van der Waals surface area (Å²) >= 11 is 0. The summed E-state index contributed by atoms with van der Waals surface area (Å²) in [5, 5.41) is 3.61. The van der Waals surface area contributed by atoms with Crippen LogP contribution in [0.3, 0.4) is 0 Å². The van der Waals surface area contributed by atoms with E-state index in [1.807, 2.05) is 23.1 Å². The van der Waals surface area contributed by atoms with E-state index in [0.29, 0.717) is 24.3 Å². The molecule has 3 rings (SSSR count). The number of benzene rings is 2. The lowest BCUT2D eigenvalue weighted by molar-refractivity contribution is 0.0747. The zero-order chi connectivity index (χ0) is 16.1. The largest absolute Gasteiger partial charge is 0.368 e. The molecule has 1 saturated heterocycles. The first-order valence-corrected chi connectivity index (χ1v) is 7.53. The Morgan fingerprint density at radius 1 is 0.957 bits per heavy atom. The maximum atomic E-state index is 12.7. The van der Waals surface area contributed by atoms with Crippen molar-refractivity contribution in [3.63, 3.8) is 0 Å². The van der Waals surface area contributed by atoms with Crippen molar-refractivity contribution in [2.75, 3.05) is 31.1 Å². The van der Waals surface area contributed by atoms with Gasteiger partial charge in [-0.3, -0.25) is 4.79 Å². The number of anilines is 1. The molecule has 1 aliphatic rings. The summed E-state index contributed by atoms with van der Waals surface area (Å²) in [5.41, 5.74) is 10.6. The summed E-state index contributed by atoms with van der Waals surface area (Å²) in [4.78, 5) is 19.5. The van der Waals surface area contributed by atoms with E-state index in [-0.39, 0.29) is 5.91 Å². The summed E-state index contributed by atoms with van der Waals surface area (Å²) in [5.74, 6) is -0.0827. The molecule has 0 N–H and O–H groups in total. The van der Waals surface area contributed by atoms with E-state index >= 15 is 0 Å². The number of azide groups is 1. The molecule has 0 aromatic heterocycles. The molecule has 0 bridgehead atoms. The van der Waals surface area contributed by atoms with E-state index in [1.165, 1.54) is 5.69 Å². The second-order valence-electron chi connectivity index (χ2n) is 5.32. The van der Waals surface area contributed by atoms with Gasteiger partial charge in [-0.2, -0.15) is 0 Å². The van der Waals surface area contributed by atoms with E-state index in [1.54, 1.807) is 24.3 Å². The van der Waals surface area contributed by atoms with Crippen molar-refractivity contribution < 1.29 is 4.79 Å². The molecule has 1 aliphatic heterocycles. The molecule has 6 nitrogen and oxygen atoms in total. The van der Waals surface area contributed by atoms with Crippen LogP contribution in [0.5, 0.6) is 0 Å². The Hall–Kier alpha value is -2.98. The maximum Gasteiger partial charge on any atom is 0.254 e. The predicted molar refractivity (Wildman–Crippen MR) is 89.8 cm³/mol. The quantitative estimate of drug-likeness (QED) is 0.494. The number of amides is 1. The minimum absolute atomic E-state index is 0.0827. The average molecular weight is 307 g/mol. The Morgan fingerprint density at radius 3 is 2.30 bits per heavy atom. The van der Waals surface area contributed by atoms with Crippen LogP contribution < -0.4 is 4.90 Å². The molecule has 2 aromatic rings. The van der Waals surface area contributed by atoms with Gasteiger partial charge in [0.05, 0.1) is 5.69 Å². The summed E-state index contributed by atoms with van der Waals surface area (Å²) in [6, 6.07) is 17.1. The fraction of sp³-hybridized carbons (Fsp3) is 0.235. The number of carbonyl (C=O) groups is 1. The van der Waals surface area contributed by atoms with Gasteiger partial charge in [0.15, 0.2) is 0 Å². The van der Waals surface area contributed by atoms with Crippen LogP contribution >= 0.6 is 0 Å². The van der Waals surface area contributed by atoms with Gasteiger partial charge >= 0.3 is 0 Å². The Balaban J connectivity index is 1.70. The number of hydrogen-bond acceptors (Lipinski definition) is 3. The first kappa shape index (κ1) is 14.9. The van der Waals surface area contributed by atoms with Crippen LogP contribution in [0.25, 0.3) is 10.4 Å². The average Bonchev–Trinajstić information content (AvgIpc) is 2.63. The van der Waals surface area contributed by atoms with Crippen molar-refractivity contribution in [2.45, 2.75) is 0 Å². The van der Waals surface area contributed by atoms with Crippen molar-refractivity contribution in [3.8, 4) is 0 Å². The molecule has 2 aromatic carbocycles. The number of piperazine rings is 1. The predicted octanol–water partition coefficient (Wildman–Crippen LogP) is 3.59. The lowest BCUT2D eigenvalue weighted by Crippen LogP contribution is -2.48. The Bertz CT molecular complexity index is 732.